The molecule has 1 spiro atoms. The zero-order valence-electron chi connectivity index (χ0n) is 12.6. The van der Waals surface area contributed by atoms with Crippen molar-refractivity contribution in [2.45, 2.75) is 18.4 Å². The third kappa shape index (κ3) is 2.34. The predicted molar refractivity (Wildman–Crippen MR) is 92.7 cm³/mol. The molecule has 6 heteroatoms. The van der Waals surface area contributed by atoms with Gasteiger partial charge >= 0.3 is 0 Å². The first-order chi connectivity index (χ1) is 11.6. The Kier molecular flexibility index (Phi) is 3.49. The quantitative estimate of drug-likeness (QED) is 0.746. The van der Waals surface area contributed by atoms with E-state index in [2.05, 4.69) is 21.1 Å². The fourth-order valence-corrected chi connectivity index (χ4v) is 3.30. The number of oxime groups is 1. The molecule has 0 aliphatic carbocycles. The molecule has 2 heterocycles. The summed E-state index contributed by atoms with van der Waals surface area (Å²) in [4.78, 5) is 32.0. The summed E-state index contributed by atoms with van der Waals surface area (Å²) in [7, 11) is 0. The lowest BCUT2D eigenvalue weighted by Gasteiger charge is -2.19. The number of hydrogen-bond acceptors (Lipinski definition) is 4. The van der Waals surface area contributed by atoms with E-state index in [1.807, 2.05) is 30.3 Å². The lowest BCUT2D eigenvalue weighted by atomic mass is 9.93. The normalized spacial score (nSPS) is 22.9. The number of carbonyl (C=O) groups is 2. The van der Waals surface area contributed by atoms with E-state index in [1.54, 1.807) is 24.3 Å². The molecule has 2 aliphatic rings. The van der Waals surface area contributed by atoms with Gasteiger partial charge in [-0.15, -0.1) is 0 Å². The van der Waals surface area contributed by atoms with Crippen molar-refractivity contribution in [3.63, 3.8) is 0 Å². The van der Waals surface area contributed by atoms with E-state index in [4.69, 9.17) is 4.84 Å². The van der Waals surface area contributed by atoms with Gasteiger partial charge in [-0.3, -0.25) is 9.59 Å². The van der Waals surface area contributed by atoms with Gasteiger partial charge in [0.2, 0.25) is 11.5 Å². The van der Waals surface area contributed by atoms with Gasteiger partial charge in [-0.2, -0.15) is 0 Å². The van der Waals surface area contributed by atoms with Crippen LogP contribution in [-0.4, -0.2) is 23.1 Å². The number of hydrogen-bond donors (Lipinski definition) is 0. The average Bonchev–Trinajstić information content (AvgIpc) is 3.11. The zero-order chi connectivity index (χ0) is 16.7. The Bertz CT molecular complexity index is 848. The monoisotopic (exact) mass is 384 g/mol. The van der Waals surface area contributed by atoms with Gasteiger partial charge in [0, 0.05) is 10.9 Å². The molecule has 120 valence electrons. The molecule has 24 heavy (non-hydrogen) atoms. The lowest BCUT2D eigenvalue weighted by molar-refractivity contribution is -0.136. The van der Waals surface area contributed by atoms with E-state index in [1.165, 1.54) is 4.90 Å². The van der Waals surface area contributed by atoms with Crippen LogP contribution < -0.4 is 4.90 Å². The molecule has 2 aromatic carbocycles. The predicted octanol–water partition coefficient (Wildman–Crippen LogP) is 3.28. The van der Waals surface area contributed by atoms with Crippen LogP contribution in [0.4, 0.5) is 5.69 Å². The summed E-state index contributed by atoms with van der Waals surface area (Å²) in [5, 5.41) is 4.09. The van der Waals surface area contributed by atoms with Gasteiger partial charge in [-0.25, -0.2) is 4.90 Å². The summed E-state index contributed by atoms with van der Waals surface area (Å²) in [5.41, 5.74) is 0.909. The molecular weight excluding hydrogens is 372 g/mol. The summed E-state index contributed by atoms with van der Waals surface area (Å²) < 4.78 is 0.961. The van der Waals surface area contributed by atoms with Crippen LogP contribution >= 0.6 is 15.9 Å². The lowest BCUT2D eigenvalue weighted by Crippen LogP contribution is -2.40. The first-order valence-corrected chi connectivity index (χ1v) is 8.32. The maximum Gasteiger partial charge on any atom is 0.281 e. The van der Waals surface area contributed by atoms with Crippen molar-refractivity contribution in [3.05, 3.63) is 64.6 Å². The van der Waals surface area contributed by atoms with Gasteiger partial charge in [0.05, 0.1) is 17.8 Å². The fourth-order valence-electron chi connectivity index (χ4n) is 3.04. The van der Waals surface area contributed by atoms with Crippen molar-refractivity contribution in [2.75, 3.05) is 4.90 Å². The second kappa shape index (κ2) is 5.56. The zero-order valence-corrected chi connectivity index (χ0v) is 14.2. The first kappa shape index (κ1) is 15.1. The molecule has 1 unspecified atom stereocenters. The maximum absolute atomic E-state index is 12.9. The number of anilines is 1. The van der Waals surface area contributed by atoms with Crippen molar-refractivity contribution >= 4 is 39.1 Å². The maximum atomic E-state index is 12.9. The molecule has 2 amide bonds. The van der Waals surface area contributed by atoms with E-state index in [0.717, 1.165) is 10.0 Å². The third-order valence-corrected chi connectivity index (χ3v) is 4.78. The number of carbonyl (C=O) groups excluding carboxylic acids is 2. The van der Waals surface area contributed by atoms with Crippen LogP contribution in [0.15, 0.2) is 64.2 Å². The molecule has 1 saturated heterocycles. The number of imide groups is 1. The van der Waals surface area contributed by atoms with Crippen LogP contribution in [-0.2, 0) is 14.4 Å². The minimum Gasteiger partial charge on any atom is -0.378 e. The first-order valence-electron chi connectivity index (χ1n) is 7.52. The van der Waals surface area contributed by atoms with E-state index in [-0.39, 0.29) is 18.2 Å². The third-order valence-electron chi connectivity index (χ3n) is 4.25. The highest BCUT2D eigenvalue weighted by atomic mass is 79.9. The Balaban J connectivity index is 1.61. The van der Waals surface area contributed by atoms with E-state index >= 15 is 0 Å². The minimum atomic E-state index is -1.21. The molecule has 0 saturated carbocycles. The minimum absolute atomic E-state index is 0.00422. The Labute approximate surface area is 147 Å². The summed E-state index contributed by atoms with van der Waals surface area (Å²) in [6, 6.07) is 16.5. The molecule has 0 aromatic heterocycles. The Morgan fingerprint density at radius 1 is 1.00 bits per heavy atom. The number of nitrogens with zero attached hydrogens (tertiary/aromatic N) is 2. The largest absolute Gasteiger partial charge is 0.378 e. The van der Waals surface area contributed by atoms with Crippen molar-refractivity contribution in [1.29, 1.82) is 0 Å². The molecule has 5 nitrogen and oxygen atoms in total. The van der Waals surface area contributed by atoms with Crippen LogP contribution in [0.5, 0.6) is 0 Å². The number of halogens is 1. The molecule has 0 bridgehead atoms. The van der Waals surface area contributed by atoms with E-state index < -0.39 is 5.60 Å². The highest BCUT2D eigenvalue weighted by molar-refractivity contribution is 9.10. The van der Waals surface area contributed by atoms with E-state index in [0.29, 0.717) is 17.8 Å². The van der Waals surface area contributed by atoms with Crippen LogP contribution in [0, 0.1) is 0 Å². The van der Waals surface area contributed by atoms with Crippen LogP contribution in [0.2, 0.25) is 0 Å². The molecule has 2 aromatic rings. The van der Waals surface area contributed by atoms with Crippen molar-refractivity contribution in [3.8, 4) is 0 Å². The van der Waals surface area contributed by atoms with Crippen molar-refractivity contribution in [1.82, 2.24) is 0 Å². The Morgan fingerprint density at radius 3 is 2.42 bits per heavy atom. The smallest absolute Gasteiger partial charge is 0.281 e. The van der Waals surface area contributed by atoms with Gasteiger partial charge < -0.3 is 4.84 Å². The molecule has 2 aliphatic heterocycles. The van der Waals surface area contributed by atoms with Gasteiger partial charge in [0.15, 0.2) is 0 Å². The molecule has 0 N–H and O–H groups in total. The fraction of sp³-hybridized carbons (Fsp3) is 0.167. The topological polar surface area (TPSA) is 59.0 Å². The second-order valence-electron chi connectivity index (χ2n) is 5.85. The SMILES string of the molecule is O=C1CC2(CC(c3ccc(Br)cc3)=NO2)C(=O)N1c1ccccc1. The van der Waals surface area contributed by atoms with Crippen LogP contribution in [0.1, 0.15) is 18.4 Å². The summed E-state index contributed by atoms with van der Waals surface area (Å²) >= 11 is 3.39. The highest BCUT2D eigenvalue weighted by Crippen LogP contribution is 2.39. The number of rotatable bonds is 2. The molecule has 1 fully saturated rings. The summed E-state index contributed by atoms with van der Waals surface area (Å²) in [6.07, 6.45) is 0.298. The second-order valence-corrected chi connectivity index (χ2v) is 6.77. The van der Waals surface area contributed by atoms with Crippen LogP contribution in [0.3, 0.4) is 0 Å². The highest BCUT2D eigenvalue weighted by Gasteiger charge is 2.57. The number of para-hydroxylation sites is 1. The van der Waals surface area contributed by atoms with E-state index in [9.17, 15) is 9.59 Å². The van der Waals surface area contributed by atoms with Crippen molar-refractivity contribution < 1.29 is 14.4 Å². The Hall–Kier alpha value is -2.47. The summed E-state index contributed by atoms with van der Waals surface area (Å²) in [6.45, 7) is 0. The average molecular weight is 385 g/mol. The number of benzene rings is 2. The van der Waals surface area contributed by atoms with Crippen molar-refractivity contribution in [2.24, 2.45) is 5.16 Å². The summed E-state index contributed by atoms with van der Waals surface area (Å²) in [5.74, 6) is -0.618. The molecular formula is C18H13BrN2O3. The molecule has 0 radical (unpaired) electrons. The molecule has 1 atom stereocenters. The van der Waals surface area contributed by atoms with Gasteiger partial charge in [-0.1, -0.05) is 51.4 Å². The standard InChI is InChI=1S/C18H13BrN2O3/c19-13-8-6-12(7-9-13)15-10-18(24-20-15)11-16(22)21(17(18)23)14-4-2-1-3-5-14/h1-9H,10-11H2. The van der Waals surface area contributed by atoms with Crippen LogP contribution in [0.25, 0.3) is 0 Å². The Morgan fingerprint density at radius 2 is 1.71 bits per heavy atom. The van der Waals surface area contributed by atoms with Gasteiger partial charge in [0.25, 0.3) is 5.91 Å². The van der Waals surface area contributed by atoms with Gasteiger partial charge in [-0.05, 0) is 29.8 Å². The number of amides is 2. The molecule has 4 rings (SSSR count). The van der Waals surface area contributed by atoms with Gasteiger partial charge in [0.1, 0.15) is 0 Å².